The third-order valence-corrected chi connectivity index (χ3v) is 4.86. The molecule has 11 heteroatoms. The van der Waals surface area contributed by atoms with Gasteiger partial charge in [-0.1, -0.05) is 18.2 Å². The molecule has 36 heavy (non-hydrogen) atoms. The number of benzene rings is 3. The number of hydrazone groups is 1. The van der Waals surface area contributed by atoms with Crippen molar-refractivity contribution >= 4 is 29.8 Å². The zero-order chi connectivity index (χ0) is 26.1. The Morgan fingerprint density at radius 1 is 1.00 bits per heavy atom. The lowest BCUT2D eigenvalue weighted by molar-refractivity contribution is -0.384. The summed E-state index contributed by atoms with van der Waals surface area (Å²) in [5.74, 6) is -0.680. The molecule has 0 radical (unpaired) electrons. The summed E-state index contributed by atoms with van der Waals surface area (Å²) < 4.78 is 10.5. The van der Waals surface area contributed by atoms with Gasteiger partial charge in [0.05, 0.1) is 25.4 Å². The minimum absolute atomic E-state index is 0.0141. The van der Waals surface area contributed by atoms with Crippen LogP contribution >= 0.6 is 0 Å². The smallest absolute Gasteiger partial charge is 0.287 e. The second-order valence-electron chi connectivity index (χ2n) is 7.19. The number of nitrogens with one attached hydrogen (secondary N) is 2. The average Bonchev–Trinajstić information content (AvgIpc) is 2.89. The van der Waals surface area contributed by atoms with E-state index in [0.29, 0.717) is 22.6 Å². The Morgan fingerprint density at radius 2 is 1.75 bits per heavy atom. The van der Waals surface area contributed by atoms with Crippen molar-refractivity contribution in [3.8, 4) is 17.2 Å². The third-order valence-electron chi connectivity index (χ3n) is 4.86. The van der Waals surface area contributed by atoms with Crippen LogP contribution in [0.5, 0.6) is 17.2 Å². The molecular weight excluding hydrogens is 468 g/mol. The van der Waals surface area contributed by atoms with E-state index in [1.807, 2.05) is 0 Å². The first-order valence-electron chi connectivity index (χ1n) is 10.4. The Hall–Kier alpha value is -5.19. The molecule has 2 amide bonds. The molecule has 0 aliphatic rings. The number of amides is 2. The number of aromatic hydroxyl groups is 1. The molecule has 3 N–H and O–H groups in total. The number of rotatable bonds is 9. The lowest BCUT2D eigenvalue weighted by Crippen LogP contribution is -2.32. The number of non-ortho nitro benzene ring substituents is 1. The fraction of sp³-hybridized carbons (Fsp3) is 0.0800. The van der Waals surface area contributed by atoms with Crippen molar-refractivity contribution in [2.75, 3.05) is 14.2 Å². The van der Waals surface area contributed by atoms with Gasteiger partial charge < -0.3 is 19.9 Å². The first kappa shape index (κ1) is 25.4. The molecule has 184 valence electrons. The number of carbonyl (C=O) groups excluding carboxylic acids is 2. The minimum atomic E-state index is -0.793. The monoisotopic (exact) mass is 490 g/mol. The van der Waals surface area contributed by atoms with E-state index in [-0.39, 0.29) is 22.7 Å². The van der Waals surface area contributed by atoms with Crippen molar-refractivity contribution in [2.45, 2.75) is 0 Å². The van der Waals surface area contributed by atoms with E-state index in [2.05, 4.69) is 15.8 Å². The van der Waals surface area contributed by atoms with E-state index in [9.17, 15) is 24.8 Å². The molecule has 0 saturated heterocycles. The van der Waals surface area contributed by atoms with Crippen LogP contribution < -0.4 is 20.2 Å². The zero-order valence-corrected chi connectivity index (χ0v) is 19.3. The number of nitrogens with zero attached hydrogens (tertiary/aromatic N) is 2. The van der Waals surface area contributed by atoms with E-state index < -0.39 is 16.7 Å². The van der Waals surface area contributed by atoms with Gasteiger partial charge in [0.25, 0.3) is 17.5 Å². The van der Waals surface area contributed by atoms with Gasteiger partial charge in [0.2, 0.25) is 0 Å². The molecule has 3 aromatic carbocycles. The molecule has 0 unspecified atom stereocenters. The normalized spacial score (nSPS) is 11.1. The van der Waals surface area contributed by atoms with E-state index >= 15 is 0 Å². The Labute approximate surface area is 205 Å². The largest absolute Gasteiger partial charge is 0.507 e. The summed E-state index contributed by atoms with van der Waals surface area (Å²) in [6.07, 6.45) is 2.44. The highest BCUT2D eigenvalue weighted by Gasteiger charge is 2.16. The predicted molar refractivity (Wildman–Crippen MR) is 132 cm³/mol. The molecule has 11 nitrogen and oxygen atoms in total. The summed E-state index contributed by atoms with van der Waals surface area (Å²) >= 11 is 0. The number of methoxy groups -OCH3 is 2. The standard InChI is InChI=1S/C25H22N4O7/c1-35-20-10-8-17(23(14-20)36-2)13-21(27-24(31)16-6-4-3-5-7-16)25(32)28-26-15-18-12-19(29(33)34)9-11-22(18)30/h3-15,30H,1-2H3,(H,27,31)(H,28,32)/b21-13+,26-15+. The number of hydrogen-bond acceptors (Lipinski definition) is 8. The number of phenols is 1. The van der Waals surface area contributed by atoms with Gasteiger partial charge in [0.1, 0.15) is 22.9 Å². The summed E-state index contributed by atoms with van der Waals surface area (Å²) in [4.78, 5) is 36.0. The number of nitro benzene ring substituents is 1. The van der Waals surface area contributed by atoms with Crippen LogP contribution in [-0.2, 0) is 4.79 Å². The molecule has 3 rings (SSSR count). The molecule has 0 aromatic heterocycles. The first-order valence-corrected chi connectivity index (χ1v) is 10.4. The lowest BCUT2D eigenvalue weighted by atomic mass is 10.1. The van der Waals surface area contributed by atoms with Gasteiger partial charge in [-0.2, -0.15) is 5.10 Å². The molecular formula is C25H22N4O7. The highest BCUT2D eigenvalue weighted by molar-refractivity contribution is 6.05. The van der Waals surface area contributed by atoms with Crippen LogP contribution in [0.2, 0.25) is 0 Å². The van der Waals surface area contributed by atoms with Crippen LogP contribution in [0.3, 0.4) is 0 Å². The van der Waals surface area contributed by atoms with Crippen molar-refractivity contribution in [1.29, 1.82) is 0 Å². The van der Waals surface area contributed by atoms with Gasteiger partial charge >= 0.3 is 0 Å². The Bertz CT molecular complexity index is 1340. The summed E-state index contributed by atoms with van der Waals surface area (Å²) in [7, 11) is 2.95. The molecule has 0 heterocycles. The molecule has 0 atom stereocenters. The predicted octanol–water partition coefficient (Wildman–Crippen LogP) is 3.24. The highest BCUT2D eigenvalue weighted by atomic mass is 16.6. The molecule has 0 aliphatic carbocycles. The van der Waals surface area contributed by atoms with Gasteiger partial charge in [0.15, 0.2) is 0 Å². The summed E-state index contributed by atoms with van der Waals surface area (Å²) in [5, 5.41) is 27.2. The number of hydrogen-bond donors (Lipinski definition) is 3. The van der Waals surface area contributed by atoms with Gasteiger partial charge in [0, 0.05) is 34.9 Å². The van der Waals surface area contributed by atoms with Crippen molar-refractivity contribution in [2.24, 2.45) is 5.10 Å². The van der Waals surface area contributed by atoms with Gasteiger partial charge in [-0.05, 0) is 36.4 Å². The second kappa shape index (κ2) is 11.8. The minimum Gasteiger partial charge on any atom is -0.507 e. The van der Waals surface area contributed by atoms with Crippen LogP contribution in [0.4, 0.5) is 5.69 Å². The summed E-state index contributed by atoms with van der Waals surface area (Å²) in [6, 6.07) is 16.6. The second-order valence-corrected chi connectivity index (χ2v) is 7.19. The van der Waals surface area contributed by atoms with E-state index in [4.69, 9.17) is 9.47 Å². The maximum absolute atomic E-state index is 12.9. The van der Waals surface area contributed by atoms with Crippen molar-refractivity contribution in [3.63, 3.8) is 0 Å². The Balaban J connectivity index is 1.90. The Kier molecular flexibility index (Phi) is 8.33. The fourth-order valence-corrected chi connectivity index (χ4v) is 3.02. The van der Waals surface area contributed by atoms with E-state index in [0.717, 1.165) is 24.4 Å². The molecule has 0 fully saturated rings. The van der Waals surface area contributed by atoms with Crippen LogP contribution in [0.25, 0.3) is 6.08 Å². The van der Waals surface area contributed by atoms with Crippen molar-refractivity contribution in [1.82, 2.24) is 10.7 Å². The quantitative estimate of drug-likeness (QED) is 0.180. The zero-order valence-electron chi connectivity index (χ0n) is 19.3. The van der Waals surface area contributed by atoms with Crippen LogP contribution in [-0.4, -0.2) is 42.3 Å². The van der Waals surface area contributed by atoms with E-state index in [1.54, 1.807) is 48.5 Å². The number of nitro groups is 1. The van der Waals surface area contributed by atoms with Crippen molar-refractivity contribution < 1.29 is 29.1 Å². The highest BCUT2D eigenvalue weighted by Crippen LogP contribution is 2.26. The molecule has 0 bridgehead atoms. The Morgan fingerprint density at radius 3 is 2.42 bits per heavy atom. The maximum Gasteiger partial charge on any atom is 0.287 e. The number of phenolic OH excluding ortho intramolecular Hbond substituents is 1. The average molecular weight is 490 g/mol. The topological polar surface area (TPSA) is 152 Å². The van der Waals surface area contributed by atoms with Crippen molar-refractivity contribution in [3.05, 3.63) is 99.2 Å². The van der Waals surface area contributed by atoms with E-state index in [1.165, 1.54) is 20.3 Å². The van der Waals surface area contributed by atoms with Crippen LogP contribution in [0.1, 0.15) is 21.5 Å². The maximum atomic E-state index is 12.9. The fourth-order valence-electron chi connectivity index (χ4n) is 3.02. The van der Waals surface area contributed by atoms with Crippen LogP contribution in [0, 0.1) is 10.1 Å². The van der Waals surface area contributed by atoms with Crippen LogP contribution in [0.15, 0.2) is 77.5 Å². The third kappa shape index (κ3) is 6.44. The molecule has 3 aromatic rings. The summed E-state index contributed by atoms with van der Waals surface area (Å²) in [5.41, 5.74) is 2.63. The van der Waals surface area contributed by atoms with Gasteiger partial charge in [-0.3, -0.25) is 19.7 Å². The molecule has 0 saturated carbocycles. The summed E-state index contributed by atoms with van der Waals surface area (Å²) in [6.45, 7) is 0. The number of carbonyl (C=O) groups is 2. The lowest BCUT2D eigenvalue weighted by Gasteiger charge is -2.11. The SMILES string of the molecule is COc1ccc(/C=C(/NC(=O)c2ccccc2)C(=O)N/N=C/c2cc([N+](=O)[O-])ccc2O)c(OC)c1. The van der Waals surface area contributed by atoms with Gasteiger partial charge in [-0.15, -0.1) is 0 Å². The molecule has 0 spiro atoms. The van der Waals surface area contributed by atoms with Gasteiger partial charge in [-0.25, -0.2) is 5.43 Å². The molecule has 0 aliphatic heterocycles. The first-order chi connectivity index (χ1) is 17.3. The number of ether oxygens (including phenoxy) is 2.